The van der Waals surface area contributed by atoms with Gasteiger partial charge in [0.25, 0.3) is 0 Å². The summed E-state index contributed by atoms with van der Waals surface area (Å²) in [6, 6.07) is 6.24. The minimum Gasteiger partial charge on any atom is -0.356 e. The van der Waals surface area contributed by atoms with Crippen LogP contribution in [0.25, 0.3) is 11.4 Å². The van der Waals surface area contributed by atoms with Crippen LogP contribution in [0.2, 0.25) is 0 Å². The van der Waals surface area contributed by atoms with E-state index in [-0.39, 0.29) is 18.2 Å². The molecule has 0 atom stereocenters. The lowest BCUT2D eigenvalue weighted by atomic mass is 10.2. The van der Waals surface area contributed by atoms with E-state index < -0.39 is 5.82 Å². The number of carbonyl (C=O) groups excluding carboxylic acids is 1. The minimum absolute atomic E-state index is 0.0401. The van der Waals surface area contributed by atoms with Crippen molar-refractivity contribution < 1.29 is 13.7 Å². The van der Waals surface area contributed by atoms with Gasteiger partial charge in [0.15, 0.2) is 0 Å². The summed E-state index contributed by atoms with van der Waals surface area (Å²) in [5, 5.41) is 6.60. The first-order valence-corrected chi connectivity index (χ1v) is 7.55. The Hall–Kier alpha value is -2.24. The zero-order valence-corrected chi connectivity index (χ0v) is 12.6. The summed E-state index contributed by atoms with van der Waals surface area (Å²) < 4.78 is 18.7. The van der Waals surface area contributed by atoms with Crippen molar-refractivity contribution in [1.82, 2.24) is 15.5 Å². The highest BCUT2D eigenvalue weighted by Gasteiger charge is 2.13. The van der Waals surface area contributed by atoms with Gasteiger partial charge in [-0.1, -0.05) is 37.1 Å². The summed E-state index contributed by atoms with van der Waals surface area (Å²) in [5.41, 5.74) is 0.293. The van der Waals surface area contributed by atoms with Gasteiger partial charge in [-0.15, -0.1) is 0 Å². The molecule has 0 fully saturated rings. The van der Waals surface area contributed by atoms with E-state index >= 15 is 0 Å². The molecule has 5 nitrogen and oxygen atoms in total. The summed E-state index contributed by atoms with van der Waals surface area (Å²) in [6.07, 6.45) is 3.85. The maximum absolute atomic E-state index is 13.6. The second kappa shape index (κ2) is 8.26. The number of nitrogens with zero attached hydrogens (tertiary/aromatic N) is 2. The van der Waals surface area contributed by atoms with Crippen LogP contribution in [-0.2, 0) is 11.2 Å². The lowest BCUT2D eigenvalue weighted by molar-refractivity contribution is -0.121. The van der Waals surface area contributed by atoms with Crippen molar-refractivity contribution in [3.63, 3.8) is 0 Å². The average Bonchev–Trinajstić information content (AvgIpc) is 2.99. The number of halogens is 1. The lowest BCUT2D eigenvalue weighted by Crippen LogP contribution is -2.24. The Bertz CT molecular complexity index is 613. The molecule has 0 radical (unpaired) electrons. The van der Waals surface area contributed by atoms with Gasteiger partial charge in [0.05, 0.1) is 5.56 Å². The largest absolute Gasteiger partial charge is 0.356 e. The van der Waals surface area contributed by atoms with Crippen molar-refractivity contribution in [2.45, 2.75) is 39.0 Å². The molecule has 1 aromatic heterocycles. The fourth-order valence-corrected chi connectivity index (χ4v) is 2.02. The minimum atomic E-state index is -0.400. The molecule has 0 aliphatic heterocycles. The van der Waals surface area contributed by atoms with Crippen LogP contribution in [0.4, 0.5) is 4.39 Å². The maximum atomic E-state index is 13.6. The number of amides is 1. The number of unbranched alkanes of at least 4 members (excludes halogenated alkanes) is 2. The van der Waals surface area contributed by atoms with E-state index in [0.29, 0.717) is 24.4 Å². The van der Waals surface area contributed by atoms with Gasteiger partial charge in [-0.05, 0) is 18.6 Å². The van der Waals surface area contributed by atoms with Gasteiger partial charge >= 0.3 is 0 Å². The molecule has 22 heavy (non-hydrogen) atoms. The van der Waals surface area contributed by atoms with Crippen molar-refractivity contribution in [2.24, 2.45) is 0 Å². The summed E-state index contributed by atoms with van der Waals surface area (Å²) >= 11 is 0. The summed E-state index contributed by atoms with van der Waals surface area (Å²) in [5.74, 6) is 0.101. The number of hydrogen-bond acceptors (Lipinski definition) is 4. The molecule has 1 aromatic carbocycles. The predicted octanol–water partition coefficient (Wildman–Crippen LogP) is 3.11. The van der Waals surface area contributed by atoms with Crippen LogP contribution < -0.4 is 5.32 Å². The molecule has 0 saturated heterocycles. The fraction of sp³-hybridized carbons (Fsp3) is 0.438. The van der Waals surface area contributed by atoms with Gasteiger partial charge in [-0.2, -0.15) is 4.98 Å². The second-order valence-electron chi connectivity index (χ2n) is 5.05. The van der Waals surface area contributed by atoms with Crippen LogP contribution in [0, 0.1) is 5.82 Å². The number of hydrogen-bond donors (Lipinski definition) is 1. The predicted molar refractivity (Wildman–Crippen MR) is 80.5 cm³/mol. The third kappa shape index (κ3) is 4.65. The van der Waals surface area contributed by atoms with Crippen molar-refractivity contribution in [1.29, 1.82) is 0 Å². The Kier molecular flexibility index (Phi) is 6.06. The standard InChI is InChI=1S/C16H20FN3O2/c1-2-3-6-11-18-14(21)9-10-15-19-16(20-22-15)12-7-4-5-8-13(12)17/h4-5,7-8H,2-3,6,9-11H2,1H3,(H,18,21). The van der Waals surface area contributed by atoms with Crippen molar-refractivity contribution in [3.8, 4) is 11.4 Å². The smallest absolute Gasteiger partial charge is 0.227 e. The van der Waals surface area contributed by atoms with Gasteiger partial charge in [0.2, 0.25) is 17.6 Å². The number of nitrogens with one attached hydrogen (secondary N) is 1. The quantitative estimate of drug-likeness (QED) is 0.761. The molecule has 0 saturated carbocycles. The molecule has 6 heteroatoms. The first kappa shape index (κ1) is 16.1. The zero-order chi connectivity index (χ0) is 15.8. The Balaban J connectivity index is 1.83. The fourth-order valence-electron chi connectivity index (χ4n) is 2.02. The molecule has 118 valence electrons. The lowest BCUT2D eigenvalue weighted by Gasteiger charge is -2.02. The number of benzene rings is 1. The second-order valence-corrected chi connectivity index (χ2v) is 5.05. The molecule has 2 aromatic rings. The van der Waals surface area contributed by atoms with E-state index in [1.807, 2.05) is 0 Å². The Morgan fingerprint density at radius 2 is 2.14 bits per heavy atom. The van der Waals surface area contributed by atoms with Crippen molar-refractivity contribution in [2.75, 3.05) is 6.54 Å². The Morgan fingerprint density at radius 1 is 1.32 bits per heavy atom. The SMILES string of the molecule is CCCCCNC(=O)CCc1nc(-c2ccccc2F)no1. The highest BCUT2D eigenvalue weighted by atomic mass is 19.1. The maximum Gasteiger partial charge on any atom is 0.227 e. The molecule has 1 amide bonds. The topological polar surface area (TPSA) is 68.0 Å². The Morgan fingerprint density at radius 3 is 2.91 bits per heavy atom. The third-order valence-electron chi connectivity index (χ3n) is 3.25. The molecule has 0 bridgehead atoms. The monoisotopic (exact) mass is 305 g/mol. The van der Waals surface area contributed by atoms with E-state index in [4.69, 9.17) is 4.52 Å². The molecule has 2 rings (SSSR count). The Labute approximate surface area is 128 Å². The van der Waals surface area contributed by atoms with Crippen LogP contribution in [0.1, 0.15) is 38.5 Å². The summed E-state index contributed by atoms with van der Waals surface area (Å²) in [7, 11) is 0. The van der Waals surface area contributed by atoms with Gasteiger partial charge < -0.3 is 9.84 Å². The molecule has 0 spiro atoms. The third-order valence-corrected chi connectivity index (χ3v) is 3.25. The van der Waals surface area contributed by atoms with Crippen LogP contribution in [-0.4, -0.2) is 22.6 Å². The summed E-state index contributed by atoms with van der Waals surface area (Å²) in [4.78, 5) is 15.8. The van der Waals surface area contributed by atoms with Crippen molar-refractivity contribution >= 4 is 5.91 Å². The van der Waals surface area contributed by atoms with E-state index in [1.165, 1.54) is 6.07 Å². The van der Waals surface area contributed by atoms with Crippen LogP contribution >= 0.6 is 0 Å². The van der Waals surface area contributed by atoms with E-state index in [2.05, 4.69) is 22.4 Å². The molecule has 0 aliphatic rings. The van der Waals surface area contributed by atoms with Gasteiger partial charge in [-0.3, -0.25) is 4.79 Å². The number of aryl methyl sites for hydroxylation is 1. The number of rotatable bonds is 8. The number of carbonyl (C=O) groups is 1. The highest BCUT2D eigenvalue weighted by Crippen LogP contribution is 2.19. The van der Waals surface area contributed by atoms with Gasteiger partial charge in [0, 0.05) is 19.4 Å². The summed E-state index contributed by atoms with van der Waals surface area (Å²) in [6.45, 7) is 2.81. The average molecular weight is 305 g/mol. The first-order chi connectivity index (χ1) is 10.7. The normalized spacial score (nSPS) is 10.6. The molecule has 1 heterocycles. The first-order valence-electron chi connectivity index (χ1n) is 7.55. The highest BCUT2D eigenvalue weighted by molar-refractivity contribution is 5.75. The van der Waals surface area contributed by atoms with E-state index in [1.54, 1.807) is 18.2 Å². The van der Waals surface area contributed by atoms with Crippen molar-refractivity contribution in [3.05, 3.63) is 36.0 Å². The van der Waals surface area contributed by atoms with E-state index in [9.17, 15) is 9.18 Å². The zero-order valence-electron chi connectivity index (χ0n) is 12.6. The van der Waals surface area contributed by atoms with E-state index in [0.717, 1.165) is 19.3 Å². The van der Waals surface area contributed by atoms with Gasteiger partial charge in [0.1, 0.15) is 5.82 Å². The van der Waals surface area contributed by atoms with Gasteiger partial charge in [-0.25, -0.2) is 4.39 Å². The number of aromatic nitrogens is 2. The molecular formula is C16H20FN3O2. The molecule has 1 N–H and O–H groups in total. The van der Waals surface area contributed by atoms with Crippen LogP contribution in [0.5, 0.6) is 0 Å². The molecule has 0 unspecified atom stereocenters. The molecule has 0 aliphatic carbocycles. The molecular weight excluding hydrogens is 285 g/mol. The van der Waals surface area contributed by atoms with Crippen LogP contribution in [0.3, 0.4) is 0 Å². The van der Waals surface area contributed by atoms with Crippen LogP contribution in [0.15, 0.2) is 28.8 Å².